The Morgan fingerprint density at radius 3 is 2.62 bits per heavy atom. The number of aliphatic hydroxyl groups excluding tert-OH is 1. The summed E-state index contributed by atoms with van der Waals surface area (Å²) in [5.74, 6) is 2.94. The van der Waals surface area contributed by atoms with E-state index >= 15 is 0 Å². The van der Waals surface area contributed by atoms with E-state index in [0.29, 0.717) is 12.3 Å². The highest BCUT2D eigenvalue weighted by molar-refractivity contribution is 5.21. The maximum atomic E-state index is 9.82. The number of rotatable bonds is 3. The number of hydrogen-bond acceptors (Lipinski definition) is 1. The molecule has 1 N–H and O–H groups in total. The molecular formula is C12H18O. The first-order chi connectivity index (χ1) is 6.24. The molecule has 0 spiro atoms. The van der Waals surface area contributed by atoms with Crippen molar-refractivity contribution in [3.63, 3.8) is 0 Å². The van der Waals surface area contributed by atoms with E-state index in [4.69, 9.17) is 6.42 Å². The maximum absolute atomic E-state index is 9.82. The van der Waals surface area contributed by atoms with Gasteiger partial charge in [0, 0.05) is 6.42 Å². The van der Waals surface area contributed by atoms with Crippen LogP contribution in [0.3, 0.4) is 0 Å². The standard InChI is InChI=1S/C12H18O/c1-3-10(2)9-12(13)11-7-5-4-6-8-11/h1,11-13H,2,4-9H2/t12-/m0/s1. The molecule has 0 amide bonds. The lowest BCUT2D eigenvalue weighted by Crippen LogP contribution is -2.23. The molecule has 0 radical (unpaired) electrons. The van der Waals surface area contributed by atoms with Gasteiger partial charge in [0.1, 0.15) is 0 Å². The molecule has 1 fully saturated rings. The minimum atomic E-state index is -0.260. The third-order valence-corrected chi connectivity index (χ3v) is 2.85. The average Bonchev–Trinajstić information content (AvgIpc) is 2.19. The predicted molar refractivity (Wildman–Crippen MR) is 55.2 cm³/mol. The fourth-order valence-electron chi connectivity index (χ4n) is 2.00. The summed E-state index contributed by atoms with van der Waals surface area (Å²) >= 11 is 0. The van der Waals surface area contributed by atoms with Crippen LogP contribution in [0, 0.1) is 18.3 Å². The second kappa shape index (κ2) is 5.09. The van der Waals surface area contributed by atoms with Gasteiger partial charge in [-0.05, 0) is 24.3 Å². The van der Waals surface area contributed by atoms with Gasteiger partial charge in [-0.2, -0.15) is 0 Å². The van der Waals surface area contributed by atoms with Crippen LogP contribution < -0.4 is 0 Å². The Kier molecular flexibility index (Phi) is 4.05. The van der Waals surface area contributed by atoms with Crippen molar-refractivity contribution >= 4 is 0 Å². The molecule has 0 saturated heterocycles. The Balaban J connectivity index is 2.33. The average molecular weight is 178 g/mol. The van der Waals surface area contributed by atoms with E-state index in [-0.39, 0.29) is 6.10 Å². The lowest BCUT2D eigenvalue weighted by atomic mass is 9.83. The van der Waals surface area contributed by atoms with Crippen LogP contribution in [0.4, 0.5) is 0 Å². The highest BCUT2D eigenvalue weighted by Gasteiger charge is 2.21. The fourth-order valence-corrected chi connectivity index (χ4v) is 2.00. The van der Waals surface area contributed by atoms with Gasteiger partial charge in [0.05, 0.1) is 6.10 Å². The molecule has 72 valence electrons. The smallest absolute Gasteiger partial charge is 0.0614 e. The monoisotopic (exact) mass is 178 g/mol. The van der Waals surface area contributed by atoms with Crippen LogP contribution in [-0.2, 0) is 0 Å². The maximum Gasteiger partial charge on any atom is 0.0614 e. The van der Waals surface area contributed by atoms with Crippen molar-refractivity contribution in [1.82, 2.24) is 0 Å². The van der Waals surface area contributed by atoms with Crippen LogP contribution in [0.2, 0.25) is 0 Å². The molecule has 1 nitrogen and oxygen atoms in total. The summed E-state index contributed by atoms with van der Waals surface area (Å²) in [5.41, 5.74) is 0.720. The van der Waals surface area contributed by atoms with Crippen molar-refractivity contribution in [3.05, 3.63) is 12.2 Å². The van der Waals surface area contributed by atoms with Gasteiger partial charge in [-0.1, -0.05) is 31.8 Å². The first-order valence-electron chi connectivity index (χ1n) is 5.06. The van der Waals surface area contributed by atoms with Gasteiger partial charge in [0.25, 0.3) is 0 Å². The highest BCUT2D eigenvalue weighted by Crippen LogP contribution is 2.28. The van der Waals surface area contributed by atoms with Gasteiger partial charge >= 0.3 is 0 Å². The van der Waals surface area contributed by atoms with Crippen LogP contribution in [0.5, 0.6) is 0 Å². The van der Waals surface area contributed by atoms with E-state index in [0.717, 1.165) is 18.4 Å². The Hall–Kier alpha value is -0.740. The molecular weight excluding hydrogens is 160 g/mol. The van der Waals surface area contributed by atoms with Gasteiger partial charge in [-0.3, -0.25) is 0 Å². The lowest BCUT2D eigenvalue weighted by molar-refractivity contribution is 0.0861. The van der Waals surface area contributed by atoms with Crippen molar-refractivity contribution in [3.8, 4) is 12.3 Å². The summed E-state index contributed by atoms with van der Waals surface area (Å²) in [6, 6.07) is 0. The van der Waals surface area contributed by atoms with Gasteiger partial charge in [-0.15, -0.1) is 6.42 Å². The van der Waals surface area contributed by atoms with Gasteiger partial charge in [-0.25, -0.2) is 0 Å². The van der Waals surface area contributed by atoms with Crippen LogP contribution >= 0.6 is 0 Å². The minimum absolute atomic E-state index is 0.260. The predicted octanol–water partition coefficient (Wildman–Crippen LogP) is 2.51. The Bertz CT molecular complexity index is 206. The van der Waals surface area contributed by atoms with Gasteiger partial charge in [0.15, 0.2) is 0 Å². The normalized spacial score (nSPS) is 20.6. The molecule has 0 aromatic carbocycles. The molecule has 0 aromatic rings. The van der Waals surface area contributed by atoms with Gasteiger partial charge < -0.3 is 5.11 Å². The van der Waals surface area contributed by atoms with E-state index < -0.39 is 0 Å². The first kappa shape index (κ1) is 10.3. The van der Waals surface area contributed by atoms with E-state index in [1.807, 2.05) is 0 Å². The minimum Gasteiger partial charge on any atom is -0.392 e. The van der Waals surface area contributed by atoms with Crippen molar-refractivity contribution in [2.24, 2.45) is 5.92 Å². The molecule has 0 aromatic heterocycles. The molecule has 0 unspecified atom stereocenters. The van der Waals surface area contributed by atoms with E-state index in [1.54, 1.807) is 0 Å². The zero-order valence-corrected chi connectivity index (χ0v) is 8.13. The molecule has 1 aliphatic carbocycles. The molecule has 0 bridgehead atoms. The Labute approximate surface area is 80.9 Å². The van der Waals surface area contributed by atoms with Crippen LogP contribution in [0.25, 0.3) is 0 Å². The molecule has 0 aliphatic heterocycles. The second-order valence-corrected chi connectivity index (χ2v) is 3.92. The van der Waals surface area contributed by atoms with E-state index in [2.05, 4.69) is 12.5 Å². The molecule has 1 heteroatoms. The summed E-state index contributed by atoms with van der Waals surface area (Å²) in [4.78, 5) is 0. The summed E-state index contributed by atoms with van der Waals surface area (Å²) in [6.07, 6.45) is 11.6. The molecule has 0 heterocycles. The van der Waals surface area contributed by atoms with Crippen LogP contribution in [0.1, 0.15) is 38.5 Å². The van der Waals surface area contributed by atoms with Crippen LogP contribution in [0.15, 0.2) is 12.2 Å². The third kappa shape index (κ3) is 3.24. The van der Waals surface area contributed by atoms with Crippen molar-refractivity contribution < 1.29 is 5.11 Å². The second-order valence-electron chi connectivity index (χ2n) is 3.92. The van der Waals surface area contributed by atoms with E-state index in [9.17, 15) is 5.11 Å². The Morgan fingerprint density at radius 2 is 2.08 bits per heavy atom. The van der Waals surface area contributed by atoms with Crippen LogP contribution in [-0.4, -0.2) is 11.2 Å². The zero-order valence-electron chi connectivity index (χ0n) is 8.13. The number of terminal acetylenes is 1. The molecule has 13 heavy (non-hydrogen) atoms. The Morgan fingerprint density at radius 1 is 1.46 bits per heavy atom. The largest absolute Gasteiger partial charge is 0.392 e. The van der Waals surface area contributed by atoms with Crippen molar-refractivity contribution in [1.29, 1.82) is 0 Å². The fraction of sp³-hybridized carbons (Fsp3) is 0.667. The summed E-state index contributed by atoms with van der Waals surface area (Å²) in [6.45, 7) is 3.71. The molecule has 1 rings (SSSR count). The molecule has 1 aliphatic rings. The number of hydrogen-bond donors (Lipinski definition) is 1. The van der Waals surface area contributed by atoms with Crippen molar-refractivity contribution in [2.45, 2.75) is 44.6 Å². The third-order valence-electron chi connectivity index (χ3n) is 2.85. The zero-order chi connectivity index (χ0) is 9.68. The SMILES string of the molecule is C#CC(=C)C[C@H](O)C1CCCCC1. The number of aliphatic hydroxyl groups is 1. The summed E-state index contributed by atoms with van der Waals surface area (Å²) in [5, 5.41) is 9.82. The van der Waals surface area contributed by atoms with Gasteiger partial charge in [0.2, 0.25) is 0 Å². The summed E-state index contributed by atoms with van der Waals surface area (Å²) in [7, 11) is 0. The van der Waals surface area contributed by atoms with Crippen molar-refractivity contribution in [2.75, 3.05) is 0 Å². The molecule has 1 saturated carbocycles. The quantitative estimate of drug-likeness (QED) is 0.658. The summed E-state index contributed by atoms with van der Waals surface area (Å²) < 4.78 is 0. The first-order valence-corrected chi connectivity index (χ1v) is 5.06. The van der Waals surface area contributed by atoms with E-state index in [1.165, 1.54) is 19.3 Å². The lowest BCUT2D eigenvalue weighted by Gasteiger charge is -2.26. The molecule has 1 atom stereocenters. The highest BCUT2D eigenvalue weighted by atomic mass is 16.3. The topological polar surface area (TPSA) is 20.2 Å².